The first-order valence-corrected chi connectivity index (χ1v) is 8.53. The Labute approximate surface area is 142 Å². The zero-order valence-corrected chi connectivity index (χ0v) is 14.5. The Hall–Kier alpha value is -1.99. The first kappa shape index (κ1) is 17.4. The number of rotatable bonds is 5. The highest BCUT2D eigenvalue weighted by Crippen LogP contribution is 2.40. The second-order valence-corrected chi connectivity index (χ2v) is 7.51. The maximum absolute atomic E-state index is 12.1. The lowest BCUT2D eigenvalue weighted by Gasteiger charge is -2.25. The fourth-order valence-electron chi connectivity index (χ4n) is 2.44. The molecule has 0 bridgehead atoms. The number of thioether (sulfide) groups is 1. The SMILES string of the molecule is CCOC(=O)C(C)(C)Sc1ccccc1C1C=CC(C#N)=CC1. The van der Waals surface area contributed by atoms with E-state index in [1.165, 1.54) is 17.3 Å². The van der Waals surface area contributed by atoms with Crippen LogP contribution in [0.3, 0.4) is 0 Å². The van der Waals surface area contributed by atoms with Gasteiger partial charge in [0.1, 0.15) is 4.75 Å². The van der Waals surface area contributed by atoms with Crippen molar-refractivity contribution < 1.29 is 9.53 Å². The van der Waals surface area contributed by atoms with Gasteiger partial charge in [0.15, 0.2) is 0 Å². The van der Waals surface area contributed by atoms with Crippen LogP contribution < -0.4 is 0 Å². The molecule has 0 saturated carbocycles. The molecule has 0 heterocycles. The maximum atomic E-state index is 12.1. The Morgan fingerprint density at radius 3 is 2.78 bits per heavy atom. The second kappa shape index (κ2) is 7.52. The Morgan fingerprint density at radius 1 is 1.43 bits per heavy atom. The zero-order valence-electron chi connectivity index (χ0n) is 13.7. The summed E-state index contributed by atoms with van der Waals surface area (Å²) in [6.07, 6.45) is 6.70. The molecule has 4 heteroatoms. The summed E-state index contributed by atoms with van der Waals surface area (Å²) in [5, 5.41) is 8.94. The summed E-state index contributed by atoms with van der Waals surface area (Å²) < 4.78 is 4.53. The van der Waals surface area contributed by atoms with Crippen LogP contribution >= 0.6 is 11.8 Å². The number of nitrogens with zero attached hydrogens (tertiary/aromatic N) is 1. The van der Waals surface area contributed by atoms with Gasteiger partial charge in [-0.1, -0.05) is 30.4 Å². The van der Waals surface area contributed by atoms with Crippen LogP contribution in [0.5, 0.6) is 0 Å². The number of carbonyl (C=O) groups is 1. The number of ether oxygens (including phenoxy) is 1. The Kier molecular flexibility index (Phi) is 5.68. The van der Waals surface area contributed by atoms with Crippen molar-refractivity contribution in [3.05, 3.63) is 53.6 Å². The van der Waals surface area contributed by atoms with E-state index in [1.54, 1.807) is 0 Å². The number of hydrogen-bond donors (Lipinski definition) is 0. The molecule has 1 atom stereocenters. The number of hydrogen-bond acceptors (Lipinski definition) is 4. The van der Waals surface area contributed by atoms with Crippen LogP contribution in [0, 0.1) is 11.3 Å². The predicted octanol–water partition coefficient (Wildman–Crippen LogP) is 4.61. The smallest absolute Gasteiger partial charge is 0.321 e. The topological polar surface area (TPSA) is 50.1 Å². The highest BCUT2D eigenvalue weighted by atomic mass is 32.2. The minimum Gasteiger partial charge on any atom is -0.465 e. The van der Waals surface area contributed by atoms with Crippen molar-refractivity contribution in [2.45, 2.75) is 42.8 Å². The lowest BCUT2D eigenvalue weighted by atomic mass is 9.90. The van der Waals surface area contributed by atoms with E-state index >= 15 is 0 Å². The molecule has 0 aromatic heterocycles. The number of carbonyl (C=O) groups excluding carboxylic acids is 1. The first-order valence-electron chi connectivity index (χ1n) is 7.71. The van der Waals surface area contributed by atoms with Gasteiger partial charge in [0.25, 0.3) is 0 Å². The van der Waals surface area contributed by atoms with Crippen molar-refractivity contribution >= 4 is 17.7 Å². The Balaban J connectivity index is 2.22. The average molecular weight is 327 g/mol. The van der Waals surface area contributed by atoms with Gasteiger partial charge in [-0.15, -0.1) is 11.8 Å². The van der Waals surface area contributed by atoms with Crippen LogP contribution in [-0.4, -0.2) is 17.3 Å². The number of nitriles is 1. The van der Waals surface area contributed by atoms with E-state index in [9.17, 15) is 4.79 Å². The van der Waals surface area contributed by atoms with Crippen molar-refractivity contribution in [1.29, 1.82) is 5.26 Å². The molecule has 1 aromatic rings. The molecule has 1 aromatic carbocycles. The molecule has 0 aliphatic heterocycles. The summed E-state index contributed by atoms with van der Waals surface area (Å²) in [4.78, 5) is 13.2. The summed E-state index contributed by atoms with van der Waals surface area (Å²) in [6.45, 7) is 5.98. The number of allylic oxidation sites excluding steroid dienone is 4. The van der Waals surface area contributed by atoms with Gasteiger partial charge in [0.2, 0.25) is 0 Å². The third-order valence-corrected chi connectivity index (χ3v) is 4.95. The molecule has 23 heavy (non-hydrogen) atoms. The summed E-state index contributed by atoms with van der Waals surface area (Å²) in [5.41, 5.74) is 1.89. The van der Waals surface area contributed by atoms with Gasteiger partial charge in [-0.2, -0.15) is 5.26 Å². The van der Waals surface area contributed by atoms with Crippen LogP contribution in [-0.2, 0) is 9.53 Å². The molecule has 0 saturated heterocycles. The molecule has 0 spiro atoms. The molecule has 1 aliphatic rings. The lowest BCUT2D eigenvalue weighted by Crippen LogP contribution is -2.30. The summed E-state index contributed by atoms with van der Waals surface area (Å²) in [7, 11) is 0. The van der Waals surface area contributed by atoms with Gasteiger partial charge in [-0.3, -0.25) is 4.79 Å². The van der Waals surface area contributed by atoms with Crippen LogP contribution in [0.1, 0.15) is 38.7 Å². The lowest BCUT2D eigenvalue weighted by molar-refractivity contribution is -0.145. The molecule has 0 radical (unpaired) electrons. The first-order chi connectivity index (χ1) is 11.0. The Morgan fingerprint density at radius 2 is 2.17 bits per heavy atom. The molecule has 0 fully saturated rings. The third kappa shape index (κ3) is 4.27. The van der Waals surface area contributed by atoms with Crippen molar-refractivity contribution in [2.24, 2.45) is 0 Å². The molecule has 120 valence electrons. The predicted molar refractivity (Wildman–Crippen MR) is 93.2 cm³/mol. The van der Waals surface area contributed by atoms with E-state index in [0.29, 0.717) is 12.2 Å². The molecular formula is C19H21NO2S. The third-order valence-electron chi connectivity index (χ3n) is 3.68. The molecule has 1 aliphatic carbocycles. The molecule has 3 nitrogen and oxygen atoms in total. The van der Waals surface area contributed by atoms with Crippen LogP contribution in [0.2, 0.25) is 0 Å². The highest BCUT2D eigenvalue weighted by molar-refractivity contribution is 8.01. The van der Waals surface area contributed by atoms with Crippen molar-refractivity contribution in [3.8, 4) is 6.07 Å². The Bertz CT molecular complexity index is 683. The molecule has 1 unspecified atom stereocenters. The van der Waals surface area contributed by atoms with Gasteiger partial charge in [0, 0.05) is 16.4 Å². The molecule has 2 rings (SSSR count). The standard InChI is InChI=1S/C19H21NO2S/c1-4-22-18(21)19(2,3)23-17-8-6-5-7-16(17)15-11-9-14(13-20)10-12-15/h5-11,15H,4,12H2,1-3H3. The normalized spacial score (nSPS) is 17.3. The maximum Gasteiger partial charge on any atom is 0.321 e. The van der Waals surface area contributed by atoms with Gasteiger partial charge in [-0.25, -0.2) is 0 Å². The van der Waals surface area contributed by atoms with E-state index < -0.39 is 4.75 Å². The summed E-state index contributed by atoms with van der Waals surface area (Å²) in [5.74, 6) is 0.0273. The van der Waals surface area contributed by atoms with Gasteiger partial charge >= 0.3 is 5.97 Å². The van der Waals surface area contributed by atoms with Crippen LogP contribution in [0.15, 0.2) is 53.0 Å². The van der Waals surface area contributed by atoms with E-state index in [2.05, 4.69) is 18.2 Å². The molecule has 0 amide bonds. The largest absolute Gasteiger partial charge is 0.465 e. The van der Waals surface area contributed by atoms with Crippen molar-refractivity contribution in [1.82, 2.24) is 0 Å². The fourth-order valence-corrected chi connectivity index (χ4v) is 3.61. The second-order valence-electron chi connectivity index (χ2n) is 5.84. The quantitative estimate of drug-likeness (QED) is 0.585. The van der Waals surface area contributed by atoms with Crippen LogP contribution in [0.4, 0.5) is 0 Å². The zero-order chi connectivity index (χ0) is 16.9. The van der Waals surface area contributed by atoms with Crippen molar-refractivity contribution in [2.75, 3.05) is 6.61 Å². The van der Waals surface area contributed by atoms with Gasteiger partial charge in [-0.05, 0) is 44.9 Å². The number of esters is 1. The summed E-state index contributed by atoms with van der Waals surface area (Å²) in [6, 6.07) is 10.3. The highest BCUT2D eigenvalue weighted by Gasteiger charge is 2.31. The minimum atomic E-state index is -0.641. The monoisotopic (exact) mass is 327 g/mol. The van der Waals surface area contributed by atoms with E-state index in [1.807, 2.05) is 51.1 Å². The summed E-state index contributed by atoms with van der Waals surface area (Å²) >= 11 is 1.53. The van der Waals surface area contributed by atoms with Crippen LogP contribution in [0.25, 0.3) is 0 Å². The number of benzene rings is 1. The average Bonchev–Trinajstić information content (AvgIpc) is 2.55. The molecular weight excluding hydrogens is 306 g/mol. The minimum absolute atomic E-state index is 0.203. The van der Waals surface area contributed by atoms with E-state index in [4.69, 9.17) is 10.00 Å². The van der Waals surface area contributed by atoms with Crippen molar-refractivity contribution in [3.63, 3.8) is 0 Å². The van der Waals surface area contributed by atoms with E-state index in [0.717, 1.165) is 11.3 Å². The van der Waals surface area contributed by atoms with Gasteiger partial charge < -0.3 is 4.74 Å². The molecule has 0 N–H and O–H groups in total. The fraction of sp³-hybridized carbons (Fsp3) is 0.368. The van der Waals surface area contributed by atoms with Gasteiger partial charge in [0.05, 0.1) is 12.7 Å². The van der Waals surface area contributed by atoms with E-state index in [-0.39, 0.29) is 11.9 Å².